The second-order valence-electron chi connectivity index (χ2n) is 3.84. The average molecular weight is 252 g/mol. The number of benzene rings is 1. The highest BCUT2D eigenvalue weighted by atomic mass is 16.5. The van der Waals surface area contributed by atoms with Crippen molar-refractivity contribution in [2.75, 3.05) is 7.11 Å². The van der Waals surface area contributed by atoms with Crippen LogP contribution < -0.4 is 14.2 Å². The quantitative estimate of drug-likeness (QED) is 0.609. The standard InChI is InChI=1S/C13H16O5/c1-7-11(16-5)6-12(17-9(3)14)8(2)13(7)18-10(4)15/h6H,1-5H3. The van der Waals surface area contributed by atoms with Gasteiger partial charge in [0, 0.05) is 31.0 Å². The Balaban J connectivity index is 3.37. The van der Waals surface area contributed by atoms with Gasteiger partial charge in [-0.15, -0.1) is 0 Å². The Morgan fingerprint density at radius 3 is 1.89 bits per heavy atom. The molecule has 0 aliphatic rings. The number of carbonyl (C=O) groups is 2. The molecule has 1 aromatic rings. The minimum Gasteiger partial charge on any atom is -0.496 e. The first kappa shape index (κ1) is 14.0. The lowest BCUT2D eigenvalue weighted by Crippen LogP contribution is -2.08. The fourth-order valence-electron chi connectivity index (χ4n) is 1.61. The van der Waals surface area contributed by atoms with Gasteiger partial charge in [0.2, 0.25) is 0 Å². The van der Waals surface area contributed by atoms with E-state index >= 15 is 0 Å². The van der Waals surface area contributed by atoms with Crippen molar-refractivity contribution in [2.45, 2.75) is 27.7 Å². The molecule has 18 heavy (non-hydrogen) atoms. The van der Waals surface area contributed by atoms with E-state index in [0.29, 0.717) is 28.4 Å². The second-order valence-corrected chi connectivity index (χ2v) is 3.84. The largest absolute Gasteiger partial charge is 0.496 e. The highest BCUT2D eigenvalue weighted by Gasteiger charge is 2.17. The zero-order valence-corrected chi connectivity index (χ0v) is 11.1. The van der Waals surface area contributed by atoms with E-state index in [0.717, 1.165) is 0 Å². The van der Waals surface area contributed by atoms with Gasteiger partial charge >= 0.3 is 11.9 Å². The smallest absolute Gasteiger partial charge is 0.308 e. The van der Waals surface area contributed by atoms with Crippen molar-refractivity contribution in [1.82, 2.24) is 0 Å². The molecular weight excluding hydrogens is 236 g/mol. The van der Waals surface area contributed by atoms with E-state index in [9.17, 15) is 9.59 Å². The molecule has 0 aliphatic heterocycles. The van der Waals surface area contributed by atoms with Crippen molar-refractivity contribution in [1.29, 1.82) is 0 Å². The van der Waals surface area contributed by atoms with Crippen LogP contribution in [0.5, 0.6) is 17.2 Å². The molecule has 0 unspecified atom stereocenters. The molecule has 98 valence electrons. The van der Waals surface area contributed by atoms with Crippen LogP contribution in [0.4, 0.5) is 0 Å². The summed E-state index contributed by atoms with van der Waals surface area (Å²) in [6.45, 7) is 6.09. The first-order valence-electron chi connectivity index (χ1n) is 5.41. The number of esters is 2. The predicted molar refractivity (Wildman–Crippen MR) is 65.1 cm³/mol. The van der Waals surface area contributed by atoms with Crippen LogP contribution in [0.3, 0.4) is 0 Å². The summed E-state index contributed by atoms with van der Waals surface area (Å²) in [6, 6.07) is 1.60. The molecular formula is C13H16O5. The fraction of sp³-hybridized carbons (Fsp3) is 0.385. The molecule has 0 aromatic heterocycles. The summed E-state index contributed by atoms with van der Waals surface area (Å²) in [4.78, 5) is 22.1. The van der Waals surface area contributed by atoms with Crippen LogP contribution in [0, 0.1) is 13.8 Å². The molecule has 0 saturated heterocycles. The maximum atomic E-state index is 11.1. The van der Waals surface area contributed by atoms with E-state index in [-0.39, 0.29) is 0 Å². The molecule has 0 fully saturated rings. The van der Waals surface area contributed by atoms with E-state index in [1.54, 1.807) is 19.9 Å². The number of carbonyl (C=O) groups excluding carboxylic acids is 2. The topological polar surface area (TPSA) is 61.8 Å². The van der Waals surface area contributed by atoms with Crippen LogP contribution >= 0.6 is 0 Å². The van der Waals surface area contributed by atoms with Crippen LogP contribution in [0.2, 0.25) is 0 Å². The Morgan fingerprint density at radius 2 is 1.44 bits per heavy atom. The molecule has 0 bridgehead atoms. The molecule has 1 rings (SSSR count). The first-order chi connectivity index (χ1) is 8.36. The van der Waals surface area contributed by atoms with E-state index in [1.807, 2.05) is 0 Å². The van der Waals surface area contributed by atoms with Gasteiger partial charge in [0.15, 0.2) is 0 Å². The van der Waals surface area contributed by atoms with Gasteiger partial charge in [0.25, 0.3) is 0 Å². The van der Waals surface area contributed by atoms with Crippen LogP contribution in [-0.2, 0) is 9.59 Å². The number of hydrogen-bond donors (Lipinski definition) is 0. The second kappa shape index (κ2) is 5.53. The van der Waals surface area contributed by atoms with Crippen LogP contribution in [-0.4, -0.2) is 19.0 Å². The third-order valence-corrected chi connectivity index (χ3v) is 2.40. The van der Waals surface area contributed by atoms with Crippen molar-refractivity contribution in [3.63, 3.8) is 0 Å². The Labute approximate surface area is 106 Å². The summed E-state index contributed by atoms with van der Waals surface area (Å²) in [5.41, 5.74) is 1.26. The Hall–Kier alpha value is -2.04. The maximum Gasteiger partial charge on any atom is 0.308 e. The molecule has 5 heteroatoms. The maximum absolute atomic E-state index is 11.1. The molecule has 0 aliphatic carbocycles. The summed E-state index contributed by atoms with van der Waals surface area (Å²) < 4.78 is 15.3. The van der Waals surface area contributed by atoms with Gasteiger partial charge in [-0.3, -0.25) is 9.59 Å². The van der Waals surface area contributed by atoms with Gasteiger partial charge in [-0.1, -0.05) is 0 Å². The zero-order chi connectivity index (χ0) is 13.9. The Morgan fingerprint density at radius 1 is 0.944 bits per heavy atom. The van der Waals surface area contributed by atoms with Crippen LogP contribution in [0.25, 0.3) is 0 Å². The summed E-state index contributed by atoms with van der Waals surface area (Å²) >= 11 is 0. The summed E-state index contributed by atoms with van der Waals surface area (Å²) in [7, 11) is 1.49. The van der Waals surface area contributed by atoms with Crippen molar-refractivity contribution >= 4 is 11.9 Å². The third-order valence-electron chi connectivity index (χ3n) is 2.40. The van der Waals surface area contributed by atoms with Crippen molar-refractivity contribution in [2.24, 2.45) is 0 Å². The molecule has 0 heterocycles. The molecule has 0 atom stereocenters. The van der Waals surface area contributed by atoms with Gasteiger partial charge in [0.1, 0.15) is 17.2 Å². The normalized spacial score (nSPS) is 9.83. The lowest BCUT2D eigenvalue weighted by Gasteiger charge is -2.16. The summed E-state index contributed by atoms with van der Waals surface area (Å²) in [5.74, 6) is 0.286. The molecule has 5 nitrogen and oxygen atoms in total. The van der Waals surface area contributed by atoms with Gasteiger partial charge in [-0.05, 0) is 13.8 Å². The number of methoxy groups -OCH3 is 1. The van der Waals surface area contributed by atoms with Crippen molar-refractivity contribution in [3.8, 4) is 17.2 Å². The Kier molecular flexibility index (Phi) is 4.31. The van der Waals surface area contributed by atoms with Crippen LogP contribution in [0.15, 0.2) is 6.07 Å². The molecule has 1 aromatic carbocycles. The SMILES string of the molecule is COc1cc(OC(C)=O)c(C)c(OC(C)=O)c1C. The minimum atomic E-state index is -0.446. The van der Waals surface area contributed by atoms with Crippen molar-refractivity contribution in [3.05, 3.63) is 17.2 Å². The van der Waals surface area contributed by atoms with E-state index in [2.05, 4.69) is 0 Å². The molecule has 0 N–H and O–H groups in total. The van der Waals surface area contributed by atoms with Gasteiger partial charge < -0.3 is 14.2 Å². The zero-order valence-electron chi connectivity index (χ0n) is 11.1. The van der Waals surface area contributed by atoms with E-state index in [4.69, 9.17) is 14.2 Å². The third kappa shape index (κ3) is 3.00. The molecule has 0 saturated carbocycles. The number of hydrogen-bond acceptors (Lipinski definition) is 5. The summed E-state index contributed by atoms with van der Waals surface area (Å²) in [5, 5.41) is 0. The lowest BCUT2D eigenvalue weighted by molar-refractivity contribution is -0.132. The Bertz CT molecular complexity index is 491. The number of rotatable bonds is 3. The van der Waals surface area contributed by atoms with Crippen molar-refractivity contribution < 1.29 is 23.8 Å². The fourth-order valence-corrected chi connectivity index (χ4v) is 1.61. The number of ether oxygens (including phenoxy) is 3. The van der Waals surface area contributed by atoms with E-state index in [1.165, 1.54) is 21.0 Å². The monoisotopic (exact) mass is 252 g/mol. The van der Waals surface area contributed by atoms with Crippen LogP contribution in [0.1, 0.15) is 25.0 Å². The molecule has 0 spiro atoms. The predicted octanol–water partition coefficient (Wildman–Crippen LogP) is 2.16. The van der Waals surface area contributed by atoms with Gasteiger partial charge in [0.05, 0.1) is 7.11 Å². The van der Waals surface area contributed by atoms with Gasteiger partial charge in [-0.25, -0.2) is 0 Å². The highest BCUT2D eigenvalue weighted by Crippen LogP contribution is 2.38. The van der Waals surface area contributed by atoms with Gasteiger partial charge in [-0.2, -0.15) is 0 Å². The first-order valence-corrected chi connectivity index (χ1v) is 5.41. The molecule has 0 amide bonds. The van der Waals surface area contributed by atoms with E-state index < -0.39 is 11.9 Å². The summed E-state index contributed by atoms with van der Waals surface area (Å²) in [6.07, 6.45) is 0. The lowest BCUT2D eigenvalue weighted by atomic mass is 10.1. The minimum absolute atomic E-state index is 0.321. The highest BCUT2D eigenvalue weighted by molar-refractivity contribution is 5.74. The molecule has 0 radical (unpaired) electrons. The average Bonchev–Trinajstić information content (AvgIpc) is 2.27.